The van der Waals surface area contributed by atoms with Crippen molar-refractivity contribution in [2.75, 3.05) is 32.1 Å². The molecule has 1 aliphatic heterocycles. The third-order valence-electron chi connectivity index (χ3n) is 3.44. The van der Waals surface area contributed by atoms with E-state index in [9.17, 15) is 4.79 Å². The fourth-order valence-corrected chi connectivity index (χ4v) is 2.81. The smallest absolute Gasteiger partial charge is 0.336 e. The van der Waals surface area contributed by atoms with Crippen LogP contribution in [-0.2, 0) is 0 Å². The third-order valence-corrected chi connectivity index (χ3v) is 4.10. The fraction of sp³-hybridized carbons (Fsp3) is 0.462. The Morgan fingerprint density at radius 3 is 2.72 bits per heavy atom. The van der Waals surface area contributed by atoms with Crippen LogP contribution in [0.2, 0.25) is 0 Å². The number of hydrogen-bond donors (Lipinski definition) is 1. The lowest BCUT2D eigenvalue weighted by Crippen LogP contribution is -2.31. The zero-order valence-electron chi connectivity index (χ0n) is 10.6. The van der Waals surface area contributed by atoms with Crippen molar-refractivity contribution in [3.63, 3.8) is 0 Å². The molecule has 0 saturated carbocycles. The van der Waals surface area contributed by atoms with Crippen LogP contribution in [0.1, 0.15) is 16.8 Å². The number of benzene rings is 1. The van der Waals surface area contributed by atoms with E-state index in [2.05, 4.69) is 39.8 Å². The summed E-state index contributed by atoms with van der Waals surface area (Å²) in [6.07, 6.45) is 1.14. The predicted molar refractivity (Wildman–Crippen MR) is 75.4 cm³/mol. The van der Waals surface area contributed by atoms with E-state index in [4.69, 9.17) is 5.11 Å². The molecule has 0 amide bonds. The maximum atomic E-state index is 10.9. The first-order chi connectivity index (χ1) is 8.49. The molecule has 1 aliphatic rings. The molecule has 1 aromatic carbocycles. The Labute approximate surface area is 115 Å². The van der Waals surface area contributed by atoms with Crippen molar-refractivity contribution < 1.29 is 9.90 Å². The van der Waals surface area contributed by atoms with E-state index in [1.54, 1.807) is 6.07 Å². The van der Waals surface area contributed by atoms with E-state index in [0.717, 1.165) is 25.2 Å². The van der Waals surface area contributed by atoms with Gasteiger partial charge < -0.3 is 14.9 Å². The molecule has 0 radical (unpaired) electrons. The van der Waals surface area contributed by atoms with Gasteiger partial charge in [0.1, 0.15) is 0 Å². The first kappa shape index (κ1) is 13.4. The van der Waals surface area contributed by atoms with Gasteiger partial charge in [-0.1, -0.05) is 0 Å². The van der Waals surface area contributed by atoms with Crippen LogP contribution in [0.15, 0.2) is 22.7 Å². The van der Waals surface area contributed by atoms with Crippen LogP contribution in [0.4, 0.5) is 5.69 Å². The highest BCUT2D eigenvalue weighted by molar-refractivity contribution is 9.10. The number of halogens is 1. The summed E-state index contributed by atoms with van der Waals surface area (Å²) in [7, 11) is 4.19. The summed E-state index contributed by atoms with van der Waals surface area (Å²) in [6, 6.07) is 6.00. The average molecular weight is 313 g/mol. The highest BCUT2D eigenvalue weighted by Crippen LogP contribution is 2.27. The summed E-state index contributed by atoms with van der Waals surface area (Å²) in [5, 5.41) is 8.99. The standard InChI is InChI=1S/C13H17BrN2O2/c1-15(2)10-5-6-16(8-10)9-3-4-11(13(17)18)12(14)7-9/h3-4,7,10H,5-6,8H2,1-2H3,(H,17,18). The molecule has 1 saturated heterocycles. The van der Waals surface area contributed by atoms with Crippen molar-refractivity contribution in [1.29, 1.82) is 0 Å². The maximum absolute atomic E-state index is 10.9. The lowest BCUT2D eigenvalue weighted by Gasteiger charge is -2.22. The maximum Gasteiger partial charge on any atom is 0.336 e. The van der Waals surface area contributed by atoms with Crippen LogP contribution in [0.5, 0.6) is 0 Å². The highest BCUT2D eigenvalue weighted by atomic mass is 79.9. The largest absolute Gasteiger partial charge is 0.478 e. The van der Waals surface area contributed by atoms with Crippen LogP contribution >= 0.6 is 15.9 Å². The SMILES string of the molecule is CN(C)C1CCN(c2ccc(C(=O)O)c(Br)c2)C1. The molecule has 4 nitrogen and oxygen atoms in total. The van der Waals surface area contributed by atoms with E-state index in [-0.39, 0.29) is 0 Å². The van der Waals surface area contributed by atoms with Crippen LogP contribution in [0.3, 0.4) is 0 Å². The minimum absolute atomic E-state index is 0.308. The van der Waals surface area contributed by atoms with Crippen molar-refractivity contribution in [2.45, 2.75) is 12.5 Å². The molecule has 98 valence electrons. The van der Waals surface area contributed by atoms with Gasteiger partial charge in [0.25, 0.3) is 0 Å². The molecule has 1 atom stereocenters. The topological polar surface area (TPSA) is 43.8 Å². The van der Waals surface area contributed by atoms with Gasteiger partial charge in [0.15, 0.2) is 0 Å². The van der Waals surface area contributed by atoms with Crippen LogP contribution in [0.25, 0.3) is 0 Å². The number of likely N-dealkylation sites (N-methyl/N-ethyl adjacent to an activating group) is 1. The van der Waals surface area contributed by atoms with E-state index in [1.807, 2.05) is 12.1 Å². The number of anilines is 1. The summed E-state index contributed by atoms with van der Waals surface area (Å²) in [5.41, 5.74) is 1.39. The molecular weight excluding hydrogens is 296 g/mol. The number of rotatable bonds is 3. The third kappa shape index (κ3) is 2.67. The first-order valence-corrected chi connectivity index (χ1v) is 6.72. The van der Waals surface area contributed by atoms with Crippen molar-refractivity contribution in [3.8, 4) is 0 Å². The number of hydrogen-bond acceptors (Lipinski definition) is 3. The minimum atomic E-state index is -0.902. The number of nitrogens with zero attached hydrogens (tertiary/aromatic N) is 2. The van der Waals surface area contributed by atoms with Gasteiger partial charge in [-0.05, 0) is 54.6 Å². The van der Waals surface area contributed by atoms with Crippen LogP contribution in [-0.4, -0.2) is 49.2 Å². The van der Waals surface area contributed by atoms with Crippen molar-refractivity contribution >= 4 is 27.6 Å². The summed E-state index contributed by atoms with van der Waals surface area (Å²) in [4.78, 5) is 15.5. The van der Waals surface area contributed by atoms with Gasteiger partial charge in [-0.3, -0.25) is 0 Å². The second-order valence-electron chi connectivity index (χ2n) is 4.82. The monoisotopic (exact) mass is 312 g/mol. The summed E-state index contributed by atoms with van der Waals surface area (Å²) >= 11 is 3.32. The Morgan fingerprint density at radius 1 is 1.50 bits per heavy atom. The molecule has 1 unspecified atom stereocenters. The Hall–Kier alpha value is -1.07. The Balaban J connectivity index is 2.16. The second-order valence-corrected chi connectivity index (χ2v) is 5.68. The van der Waals surface area contributed by atoms with Gasteiger partial charge in [-0.2, -0.15) is 0 Å². The Kier molecular flexibility index (Phi) is 3.92. The molecule has 0 aliphatic carbocycles. The number of carbonyl (C=O) groups is 1. The molecule has 0 bridgehead atoms. The minimum Gasteiger partial charge on any atom is -0.478 e. The lowest BCUT2D eigenvalue weighted by atomic mass is 10.2. The molecular formula is C13H17BrN2O2. The molecule has 2 rings (SSSR count). The van der Waals surface area contributed by atoms with E-state index < -0.39 is 5.97 Å². The number of aromatic carboxylic acids is 1. The highest BCUT2D eigenvalue weighted by Gasteiger charge is 2.24. The van der Waals surface area contributed by atoms with E-state index >= 15 is 0 Å². The van der Waals surface area contributed by atoms with Gasteiger partial charge in [-0.25, -0.2) is 4.79 Å². The molecule has 1 heterocycles. The molecule has 5 heteroatoms. The Morgan fingerprint density at radius 2 is 2.22 bits per heavy atom. The van der Waals surface area contributed by atoms with Gasteiger partial charge >= 0.3 is 5.97 Å². The lowest BCUT2D eigenvalue weighted by molar-refractivity contribution is 0.0696. The van der Waals surface area contributed by atoms with Crippen molar-refractivity contribution in [1.82, 2.24) is 4.90 Å². The average Bonchev–Trinajstić information content (AvgIpc) is 2.77. The zero-order valence-corrected chi connectivity index (χ0v) is 12.1. The quantitative estimate of drug-likeness (QED) is 0.930. The predicted octanol–water partition coefficient (Wildman–Crippen LogP) is 2.29. The molecule has 0 aromatic heterocycles. The molecule has 18 heavy (non-hydrogen) atoms. The second kappa shape index (κ2) is 5.28. The molecule has 1 fully saturated rings. The van der Waals surface area contributed by atoms with Gasteiger partial charge in [-0.15, -0.1) is 0 Å². The normalized spacial score (nSPS) is 19.6. The van der Waals surface area contributed by atoms with Gasteiger partial charge in [0, 0.05) is 29.3 Å². The van der Waals surface area contributed by atoms with Gasteiger partial charge in [0.2, 0.25) is 0 Å². The summed E-state index contributed by atoms with van der Waals surface area (Å²) < 4.78 is 0.640. The van der Waals surface area contributed by atoms with E-state index in [0.29, 0.717) is 16.1 Å². The summed E-state index contributed by atoms with van der Waals surface area (Å²) in [6.45, 7) is 2.01. The van der Waals surface area contributed by atoms with Gasteiger partial charge in [0.05, 0.1) is 5.56 Å². The number of carboxylic acid groups (broad SMARTS) is 1. The van der Waals surface area contributed by atoms with E-state index in [1.165, 1.54) is 0 Å². The number of carboxylic acids is 1. The van der Waals surface area contributed by atoms with Crippen LogP contribution in [0, 0.1) is 0 Å². The van der Waals surface area contributed by atoms with Crippen molar-refractivity contribution in [3.05, 3.63) is 28.2 Å². The molecule has 1 N–H and O–H groups in total. The summed E-state index contributed by atoms with van der Waals surface area (Å²) in [5.74, 6) is -0.902. The Bertz CT molecular complexity index is 462. The molecule has 1 aromatic rings. The zero-order chi connectivity index (χ0) is 13.3. The first-order valence-electron chi connectivity index (χ1n) is 5.93. The molecule has 0 spiro atoms. The fourth-order valence-electron chi connectivity index (χ4n) is 2.27. The van der Waals surface area contributed by atoms with Crippen LogP contribution < -0.4 is 4.90 Å². The van der Waals surface area contributed by atoms with Crippen molar-refractivity contribution in [2.24, 2.45) is 0 Å².